The second-order valence-electron chi connectivity index (χ2n) is 6.37. The molecule has 2 N–H and O–H groups in total. The fourth-order valence-electron chi connectivity index (χ4n) is 2.92. The Labute approximate surface area is 165 Å². The monoisotopic (exact) mass is 387 g/mol. The highest BCUT2D eigenvalue weighted by Gasteiger charge is 2.15. The van der Waals surface area contributed by atoms with Gasteiger partial charge in [-0.05, 0) is 42.0 Å². The number of nitrogens with zero attached hydrogens (tertiary/aromatic N) is 1. The SMILES string of the molecule is CCc1cccc(CC)c1NC(=O)CN(CC)CC(=O)NCc1cccs1. The van der Waals surface area contributed by atoms with Gasteiger partial charge in [0.25, 0.3) is 0 Å². The standard InChI is InChI=1S/C21H29N3O2S/c1-4-16-9-7-10-17(5-2)21(16)23-20(26)15-24(6-3)14-19(25)22-13-18-11-8-12-27-18/h7-12H,4-6,13-15H2,1-3H3,(H,22,25)(H,23,26). The highest BCUT2D eigenvalue weighted by atomic mass is 32.1. The number of amides is 2. The highest BCUT2D eigenvalue weighted by Crippen LogP contribution is 2.22. The molecule has 2 rings (SSSR count). The molecule has 1 heterocycles. The number of aryl methyl sites for hydroxylation is 2. The molecule has 0 saturated carbocycles. The van der Waals surface area contributed by atoms with Crippen molar-refractivity contribution in [1.82, 2.24) is 10.2 Å². The van der Waals surface area contributed by atoms with Crippen molar-refractivity contribution in [3.8, 4) is 0 Å². The van der Waals surface area contributed by atoms with Gasteiger partial charge in [-0.25, -0.2) is 0 Å². The number of carbonyl (C=O) groups excluding carboxylic acids is 2. The van der Waals surface area contributed by atoms with Crippen LogP contribution in [0.15, 0.2) is 35.7 Å². The van der Waals surface area contributed by atoms with Crippen LogP contribution in [0.25, 0.3) is 0 Å². The molecule has 6 heteroatoms. The summed E-state index contributed by atoms with van der Waals surface area (Å²) in [5, 5.41) is 7.96. The van der Waals surface area contributed by atoms with Gasteiger partial charge < -0.3 is 10.6 Å². The van der Waals surface area contributed by atoms with Gasteiger partial charge in [-0.3, -0.25) is 14.5 Å². The van der Waals surface area contributed by atoms with Gasteiger partial charge in [-0.15, -0.1) is 11.3 Å². The van der Waals surface area contributed by atoms with Gasteiger partial charge in [0.15, 0.2) is 0 Å². The van der Waals surface area contributed by atoms with Crippen molar-refractivity contribution < 1.29 is 9.59 Å². The highest BCUT2D eigenvalue weighted by molar-refractivity contribution is 7.09. The van der Waals surface area contributed by atoms with E-state index < -0.39 is 0 Å². The van der Waals surface area contributed by atoms with E-state index in [1.807, 2.05) is 47.5 Å². The van der Waals surface area contributed by atoms with Crippen molar-refractivity contribution in [1.29, 1.82) is 0 Å². The molecule has 0 bridgehead atoms. The molecule has 1 aromatic heterocycles. The number of benzene rings is 1. The lowest BCUT2D eigenvalue weighted by Gasteiger charge is -2.21. The fraction of sp³-hybridized carbons (Fsp3) is 0.429. The van der Waals surface area contributed by atoms with Crippen LogP contribution in [0.4, 0.5) is 5.69 Å². The number of rotatable bonds is 10. The number of para-hydroxylation sites is 1. The second kappa shape index (κ2) is 10.8. The first-order chi connectivity index (χ1) is 13.1. The van der Waals surface area contributed by atoms with E-state index >= 15 is 0 Å². The molecular formula is C21H29N3O2S. The number of carbonyl (C=O) groups is 2. The van der Waals surface area contributed by atoms with Gasteiger partial charge in [-0.1, -0.05) is 45.0 Å². The third kappa shape index (κ3) is 6.48. The number of anilines is 1. The molecule has 0 spiro atoms. The van der Waals surface area contributed by atoms with Crippen LogP contribution in [0.2, 0.25) is 0 Å². The van der Waals surface area contributed by atoms with Crippen LogP contribution in [0.1, 0.15) is 36.8 Å². The Morgan fingerprint density at radius 1 is 0.963 bits per heavy atom. The number of nitrogens with one attached hydrogen (secondary N) is 2. The van der Waals surface area contributed by atoms with Crippen molar-refractivity contribution in [2.45, 2.75) is 40.2 Å². The van der Waals surface area contributed by atoms with Crippen LogP contribution in [0, 0.1) is 0 Å². The Bertz CT molecular complexity index is 722. The lowest BCUT2D eigenvalue weighted by Crippen LogP contribution is -2.41. The molecule has 0 aliphatic carbocycles. The van der Waals surface area contributed by atoms with Crippen LogP contribution in [-0.2, 0) is 29.0 Å². The summed E-state index contributed by atoms with van der Waals surface area (Å²) in [5.41, 5.74) is 3.20. The minimum absolute atomic E-state index is 0.0683. The summed E-state index contributed by atoms with van der Waals surface area (Å²) >= 11 is 1.62. The smallest absolute Gasteiger partial charge is 0.238 e. The zero-order valence-corrected chi connectivity index (χ0v) is 17.2. The summed E-state index contributed by atoms with van der Waals surface area (Å²) in [4.78, 5) is 27.7. The maximum atomic E-state index is 12.6. The predicted octanol–water partition coefficient (Wildman–Crippen LogP) is 3.45. The topological polar surface area (TPSA) is 61.4 Å². The molecular weight excluding hydrogens is 358 g/mol. The van der Waals surface area contributed by atoms with E-state index in [1.165, 1.54) is 0 Å². The van der Waals surface area contributed by atoms with Crippen LogP contribution in [-0.4, -0.2) is 36.3 Å². The van der Waals surface area contributed by atoms with Gasteiger partial charge in [0.1, 0.15) is 0 Å². The lowest BCUT2D eigenvalue weighted by atomic mass is 10.0. The quantitative estimate of drug-likeness (QED) is 0.656. The minimum atomic E-state index is -0.0847. The van der Waals surface area contributed by atoms with Crippen molar-refractivity contribution in [3.63, 3.8) is 0 Å². The van der Waals surface area contributed by atoms with E-state index in [9.17, 15) is 9.59 Å². The van der Waals surface area contributed by atoms with Crippen molar-refractivity contribution in [3.05, 3.63) is 51.7 Å². The average Bonchev–Trinajstić information content (AvgIpc) is 3.19. The summed E-state index contributed by atoms with van der Waals surface area (Å²) < 4.78 is 0. The summed E-state index contributed by atoms with van der Waals surface area (Å²) in [6.45, 7) is 7.70. The Kier molecular flexibility index (Phi) is 8.48. The predicted molar refractivity (Wildman–Crippen MR) is 112 cm³/mol. The minimum Gasteiger partial charge on any atom is -0.350 e. The molecule has 0 aliphatic rings. The van der Waals surface area contributed by atoms with Crippen LogP contribution < -0.4 is 10.6 Å². The van der Waals surface area contributed by atoms with Gasteiger partial charge in [-0.2, -0.15) is 0 Å². The zero-order valence-electron chi connectivity index (χ0n) is 16.4. The molecule has 27 heavy (non-hydrogen) atoms. The number of hydrogen-bond acceptors (Lipinski definition) is 4. The maximum absolute atomic E-state index is 12.6. The molecule has 5 nitrogen and oxygen atoms in total. The van der Waals surface area contributed by atoms with Gasteiger partial charge in [0.2, 0.25) is 11.8 Å². The normalized spacial score (nSPS) is 10.8. The van der Waals surface area contributed by atoms with Crippen molar-refractivity contribution >= 4 is 28.8 Å². The molecule has 0 unspecified atom stereocenters. The molecule has 2 amide bonds. The van der Waals surface area contributed by atoms with Gasteiger partial charge >= 0.3 is 0 Å². The Balaban J connectivity index is 1.90. The summed E-state index contributed by atoms with van der Waals surface area (Å²) in [7, 11) is 0. The maximum Gasteiger partial charge on any atom is 0.238 e. The van der Waals surface area contributed by atoms with E-state index in [0.29, 0.717) is 13.1 Å². The van der Waals surface area contributed by atoms with E-state index in [4.69, 9.17) is 0 Å². The van der Waals surface area contributed by atoms with Crippen molar-refractivity contribution in [2.24, 2.45) is 0 Å². The fourth-order valence-corrected chi connectivity index (χ4v) is 3.57. The zero-order chi connectivity index (χ0) is 19.6. The number of thiophene rings is 1. The Hall–Kier alpha value is -2.18. The first-order valence-corrected chi connectivity index (χ1v) is 10.4. The van der Waals surface area contributed by atoms with Crippen LogP contribution in [0.3, 0.4) is 0 Å². The molecule has 0 fully saturated rings. The summed E-state index contributed by atoms with van der Waals surface area (Å²) in [5.74, 6) is -0.153. The molecule has 146 valence electrons. The molecule has 0 aliphatic heterocycles. The van der Waals surface area contributed by atoms with E-state index in [-0.39, 0.29) is 24.9 Å². The molecule has 0 radical (unpaired) electrons. The van der Waals surface area contributed by atoms with E-state index in [2.05, 4.69) is 24.5 Å². The lowest BCUT2D eigenvalue weighted by molar-refractivity contribution is -0.123. The third-order valence-electron chi connectivity index (χ3n) is 4.48. The summed E-state index contributed by atoms with van der Waals surface area (Å²) in [6, 6.07) is 10.1. The molecule has 2 aromatic rings. The first-order valence-electron chi connectivity index (χ1n) is 9.49. The molecule has 0 saturated heterocycles. The average molecular weight is 388 g/mol. The second-order valence-corrected chi connectivity index (χ2v) is 7.40. The van der Waals surface area contributed by atoms with E-state index in [0.717, 1.165) is 34.5 Å². The first kappa shape index (κ1) is 21.1. The summed E-state index contributed by atoms with van der Waals surface area (Å²) in [6.07, 6.45) is 1.73. The third-order valence-corrected chi connectivity index (χ3v) is 5.36. The number of likely N-dealkylation sites (N-methyl/N-ethyl adjacent to an activating group) is 1. The van der Waals surface area contributed by atoms with E-state index in [1.54, 1.807) is 11.3 Å². The van der Waals surface area contributed by atoms with Crippen LogP contribution in [0.5, 0.6) is 0 Å². The Morgan fingerprint density at radius 3 is 2.19 bits per heavy atom. The van der Waals surface area contributed by atoms with Crippen molar-refractivity contribution in [2.75, 3.05) is 25.0 Å². The van der Waals surface area contributed by atoms with Gasteiger partial charge in [0.05, 0.1) is 19.6 Å². The number of hydrogen-bond donors (Lipinski definition) is 2. The van der Waals surface area contributed by atoms with Crippen LogP contribution >= 0.6 is 11.3 Å². The largest absolute Gasteiger partial charge is 0.350 e. The van der Waals surface area contributed by atoms with Gasteiger partial charge in [0, 0.05) is 10.6 Å². The molecule has 0 atom stereocenters. The Morgan fingerprint density at radius 2 is 1.63 bits per heavy atom. The molecule has 1 aromatic carbocycles.